The molecule has 17 heavy (non-hydrogen) atoms. The van der Waals surface area contributed by atoms with E-state index >= 15 is 0 Å². The molecule has 1 N–H and O–H groups in total. The molecular weight excluding hydrogens is 301 g/mol. The number of thioether (sulfide) groups is 1. The first-order valence-corrected chi connectivity index (χ1v) is 6.20. The van der Waals surface area contributed by atoms with Gasteiger partial charge in [0.25, 0.3) is 0 Å². The second kappa shape index (κ2) is 8.03. The summed E-state index contributed by atoms with van der Waals surface area (Å²) in [5.74, 6) is 0.999. The molecule has 2 heterocycles. The average molecular weight is 315 g/mol. The predicted molar refractivity (Wildman–Crippen MR) is 79.1 cm³/mol. The Morgan fingerprint density at radius 1 is 1.41 bits per heavy atom. The third kappa shape index (κ3) is 4.54. The summed E-state index contributed by atoms with van der Waals surface area (Å²) in [5, 5.41) is 8.25. The predicted octanol–water partition coefficient (Wildman–Crippen LogP) is 3.19. The van der Waals surface area contributed by atoms with Crippen molar-refractivity contribution in [3.63, 3.8) is 0 Å². The van der Waals surface area contributed by atoms with Crippen molar-refractivity contribution in [3.05, 3.63) is 30.1 Å². The zero-order valence-electron chi connectivity index (χ0n) is 9.01. The molecule has 0 bridgehead atoms. The van der Waals surface area contributed by atoms with Crippen LogP contribution in [0, 0.1) is 5.41 Å². The third-order valence-corrected chi connectivity index (χ3v) is 3.64. The lowest BCUT2D eigenvalue weighted by atomic mass is 10.2. The summed E-state index contributed by atoms with van der Waals surface area (Å²) in [6.07, 6.45) is 3.49. The number of amidine groups is 1. The second-order valence-corrected chi connectivity index (χ2v) is 4.96. The van der Waals surface area contributed by atoms with E-state index in [1.165, 1.54) is 0 Å². The highest BCUT2D eigenvalue weighted by molar-refractivity contribution is 8.14. The maximum Gasteiger partial charge on any atom is 0.156 e. The van der Waals surface area contributed by atoms with Gasteiger partial charge < -0.3 is 4.90 Å². The van der Waals surface area contributed by atoms with Crippen molar-refractivity contribution in [1.82, 2.24) is 9.88 Å². The van der Waals surface area contributed by atoms with Crippen molar-refractivity contribution >= 4 is 53.3 Å². The molecule has 1 unspecified atom stereocenters. The van der Waals surface area contributed by atoms with Crippen molar-refractivity contribution < 1.29 is 0 Å². The van der Waals surface area contributed by atoms with Crippen LogP contribution < -0.4 is 0 Å². The largest absolute Gasteiger partial charge is 0.349 e. The fourth-order valence-electron chi connectivity index (χ4n) is 1.49. The Kier molecular flexibility index (Phi) is 7.96. The van der Waals surface area contributed by atoms with E-state index in [0.717, 1.165) is 17.9 Å². The minimum absolute atomic E-state index is 0. The molecule has 0 radical (unpaired) electrons. The Morgan fingerprint density at radius 3 is 2.59 bits per heavy atom. The first kappa shape index (κ1) is 16.8. The van der Waals surface area contributed by atoms with Crippen LogP contribution in [0.1, 0.15) is 10.9 Å². The number of pyridine rings is 1. The van der Waals surface area contributed by atoms with Crippen LogP contribution in [0.5, 0.6) is 0 Å². The zero-order valence-corrected chi connectivity index (χ0v) is 12.2. The molecule has 0 aliphatic carbocycles. The lowest BCUT2D eigenvalue weighted by molar-refractivity contribution is 0.457. The van der Waals surface area contributed by atoms with Gasteiger partial charge in [0.1, 0.15) is 0 Å². The number of hydrogen-bond acceptors (Lipinski definition) is 3. The molecule has 7 heteroatoms. The summed E-state index contributed by atoms with van der Waals surface area (Å²) >= 11 is 7.86. The van der Waals surface area contributed by atoms with Crippen molar-refractivity contribution in [1.29, 1.82) is 5.41 Å². The van der Waals surface area contributed by atoms with Crippen LogP contribution in [0.2, 0.25) is 0 Å². The number of alkyl halides is 1. The molecular formula is C10H14Cl3N3S. The smallest absolute Gasteiger partial charge is 0.156 e. The molecule has 0 spiro atoms. The number of halogens is 3. The molecule has 2 rings (SSSR count). The average Bonchev–Trinajstić information content (AvgIpc) is 2.66. The minimum Gasteiger partial charge on any atom is -0.349 e. The van der Waals surface area contributed by atoms with Gasteiger partial charge in [-0.1, -0.05) is 11.8 Å². The number of nitrogens with zero attached hydrogens (tertiary/aromatic N) is 2. The second-order valence-electron chi connectivity index (χ2n) is 3.35. The van der Waals surface area contributed by atoms with E-state index in [0.29, 0.717) is 11.7 Å². The lowest BCUT2D eigenvalue weighted by Gasteiger charge is -2.20. The summed E-state index contributed by atoms with van der Waals surface area (Å²) in [6.45, 7) is 1.63. The fraction of sp³-hybridized carbons (Fsp3) is 0.400. The molecule has 1 aromatic heterocycles. The van der Waals surface area contributed by atoms with Crippen molar-refractivity contribution in [3.8, 4) is 0 Å². The van der Waals surface area contributed by atoms with Crippen molar-refractivity contribution in [2.45, 2.75) is 5.38 Å². The quantitative estimate of drug-likeness (QED) is 0.871. The molecule has 0 aromatic carbocycles. The summed E-state index contributed by atoms with van der Waals surface area (Å²) < 4.78 is 0. The van der Waals surface area contributed by atoms with E-state index < -0.39 is 0 Å². The van der Waals surface area contributed by atoms with E-state index in [2.05, 4.69) is 4.98 Å². The number of hydrogen-bond donors (Lipinski definition) is 1. The van der Waals surface area contributed by atoms with Crippen LogP contribution in [0.3, 0.4) is 0 Å². The zero-order chi connectivity index (χ0) is 10.7. The number of aromatic nitrogens is 1. The molecule has 1 atom stereocenters. The highest BCUT2D eigenvalue weighted by atomic mass is 35.5. The van der Waals surface area contributed by atoms with E-state index in [1.54, 1.807) is 24.2 Å². The Hall–Kier alpha value is -0.160. The van der Waals surface area contributed by atoms with Gasteiger partial charge in [-0.25, -0.2) is 0 Å². The van der Waals surface area contributed by atoms with Gasteiger partial charge in [-0.05, 0) is 17.7 Å². The van der Waals surface area contributed by atoms with Gasteiger partial charge in [-0.3, -0.25) is 10.4 Å². The van der Waals surface area contributed by atoms with Crippen LogP contribution in [0.25, 0.3) is 0 Å². The summed E-state index contributed by atoms with van der Waals surface area (Å²) in [4.78, 5) is 5.97. The van der Waals surface area contributed by atoms with Gasteiger partial charge in [-0.15, -0.1) is 36.4 Å². The Bertz CT molecular complexity index is 350. The SMILES string of the molecule is Cl.Cl.N=C1SCCN1CC(Cl)c1ccncc1. The molecule has 3 nitrogen and oxygen atoms in total. The van der Waals surface area contributed by atoms with Gasteiger partial charge in [0, 0.05) is 31.2 Å². The van der Waals surface area contributed by atoms with Crippen LogP contribution >= 0.6 is 48.2 Å². The molecule has 1 saturated heterocycles. The summed E-state index contributed by atoms with van der Waals surface area (Å²) in [5.41, 5.74) is 1.07. The van der Waals surface area contributed by atoms with Gasteiger partial charge in [0.15, 0.2) is 5.17 Å². The maximum absolute atomic E-state index is 7.68. The minimum atomic E-state index is -0.0629. The fourth-order valence-corrected chi connectivity index (χ4v) is 2.66. The molecule has 1 aromatic rings. The maximum atomic E-state index is 7.68. The van der Waals surface area contributed by atoms with E-state index in [4.69, 9.17) is 17.0 Å². The third-order valence-electron chi connectivity index (χ3n) is 2.34. The normalized spacial score (nSPS) is 16.1. The first-order chi connectivity index (χ1) is 7.27. The highest BCUT2D eigenvalue weighted by Crippen LogP contribution is 2.24. The molecule has 1 aliphatic heterocycles. The van der Waals surface area contributed by atoms with Crippen LogP contribution in [0.15, 0.2) is 24.5 Å². The lowest BCUT2D eigenvalue weighted by Crippen LogP contribution is -2.27. The molecule has 1 aliphatic rings. The van der Waals surface area contributed by atoms with Gasteiger partial charge >= 0.3 is 0 Å². The molecule has 96 valence electrons. The summed E-state index contributed by atoms with van der Waals surface area (Å²) in [7, 11) is 0. The topological polar surface area (TPSA) is 40.0 Å². The number of nitrogens with one attached hydrogen (secondary N) is 1. The Balaban J connectivity index is 0.00000128. The van der Waals surface area contributed by atoms with E-state index in [-0.39, 0.29) is 30.2 Å². The highest BCUT2D eigenvalue weighted by Gasteiger charge is 2.21. The van der Waals surface area contributed by atoms with Gasteiger partial charge in [0.2, 0.25) is 0 Å². The van der Waals surface area contributed by atoms with Crippen molar-refractivity contribution in [2.24, 2.45) is 0 Å². The van der Waals surface area contributed by atoms with Crippen LogP contribution in [-0.4, -0.2) is 33.9 Å². The molecule has 1 fully saturated rings. The Morgan fingerprint density at radius 2 is 2.06 bits per heavy atom. The van der Waals surface area contributed by atoms with E-state index in [1.807, 2.05) is 17.0 Å². The van der Waals surface area contributed by atoms with Gasteiger partial charge in [0.05, 0.1) is 5.38 Å². The molecule has 0 saturated carbocycles. The monoisotopic (exact) mass is 313 g/mol. The van der Waals surface area contributed by atoms with Crippen LogP contribution in [-0.2, 0) is 0 Å². The molecule has 0 amide bonds. The summed E-state index contributed by atoms with van der Waals surface area (Å²) in [6, 6.07) is 3.84. The first-order valence-electron chi connectivity index (χ1n) is 4.77. The van der Waals surface area contributed by atoms with Gasteiger partial charge in [-0.2, -0.15) is 0 Å². The standard InChI is InChI=1S/C10H12ClN3S.2ClH/c11-9(8-1-3-13-4-2-8)7-14-5-6-15-10(14)12;;/h1-4,9,12H,5-7H2;2*1H. The van der Waals surface area contributed by atoms with Crippen molar-refractivity contribution in [2.75, 3.05) is 18.8 Å². The number of rotatable bonds is 3. The van der Waals surface area contributed by atoms with Crippen LogP contribution in [0.4, 0.5) is 0 Å². The Labute approximate surface area is 123 Å². The van der Waals surface area contributed by atoms with E-state index in [9.17, 15) is 0 Å².